The first kappa shape index (κ1) is 18.0. The Hall–Kier alpha value is -1.03. The maximum Gasteiger partial charge on any atom is 0.267 e. The number of hydrogen-bond acceptors (Lipinski definition) is 4. The molecule has 0 bridgehead atoms. The van der Waals surface area contributed by atoms with Crippen molar-refractivity contribution in [1.82, 2.24) is 0 Å². The zero-order valence-corrected chi connectivity index (χ0v) is 13.1. The van der Waals surface area contributed by atoms with Crippen molar-refractivity contribution in [3.8, 4) is 0 Å². The lowest BCUT2D eigenvalue weighted by Gasteiger charge is -2.10. The molecule has 0 heterocycles. The van der Waals surface area contributed by atoms with E-state index < -0.39 is 29.4 Å². The van der Waals surface area contributed by atoms with Crippen molar-refractivity contribution in [2.75, 3.05) is 0 Å². The smallest absolute Gasteiger partial charge is 0.267 e. The minimum Gasteiger partial charge on any atom is -0.384 e. The Morgan fingerprint density at radius 2 is 1.24 bits per heavy atom. The van der Waals surface area contributed by atoms with Crippen LogP contribution in [0.25, 0.3) is 0 Å². The summed E-state index contributed by atoms with van der Waals surface area (Å²) in [7, 11) is 0. The normalized spacial score (nSPS) is 22.3. The summed E-state index contributed by atoms with van der Waals surface area (Å²) in [5, 5.41) is 9.55. The Morgan fingerprint density at radius 1 is 0.762 bits per heavy atom. The fraction of sp³-hybridized carbons (Fsp3) is 0.824. The standard InChI is InChI=1S/C17H28O4/c1-2-3-4-5-6-7-8-9-10-11-12-13-14(18)16(20)17(21)15(13)19/h13-14,18H,2-12H2,1H3. The molecule has 0 spiro atoms. The maximum atomic E-state index is 11.5. The first-order valence-electron chi connectivity index (χ1n) is 8.40. The Morgan fingerprint density at radius 3 is 1.67 bits per heavy atom. The lowest BCUT2D eigenvalue weighted by Crippen LogP contribution is -2.23. The molecule has 1 fully saturated rings. The van der Waals surface area contributed by atoms with E-state index in [1.807, 2.05) is 0 Å². The Bertz CT molecular complexity index is 362. The molecule has 0 amide bonds. The van der Waals surface area contributed by atoms with Crippen molar-refractivity contribution < 1.29 is 19.5 Å². The Balaban J connectivity index is 2.01. The summed E-state index contributed by atoms with van der Waals surface area (Å²) in [6.45, 7) is 2.22. The summed E-state index contributed by atoms with van der Waals surface area (Å²) in [5.41, 5.74) is 0. The number of Topliss-reactive ketones (excluding diaryl/α,β-unsaturated/α-hetero) is 3. The number of rotatable bonds is 11. The number of aliphatic hydroxyl groups excluding tert-OH is 1. The van der Waals surface area contributed by atoms with Gasteiger partial charge in [-0.05, 0) is 6.42 Å². The molecule has 4 nitrogen and oxygen atoms in total. The molecular formula is C17H28O4. The van der Waals surface area contributed by atoms with Gasteiger partial charge in [0.1, 0.15) is 6.10 Å². The van der Waals surface area contributed by atoms with Crippen LogP contribution < -0.4 is 0 Å². The van der Waals surface area contributed by atoms with Gasteiger partial charge in [0.05, 0.1) is 5.92 Å². The van der Waals surface area contributed by atoms with Crippen LogP contribution in [-0.2, 0) is 14.4 Å². The van der Waals surface area contributed by atoms with Gasteiger partial charge in [-0.15, -0.1) is 0 Å². The van der Waals surface area contributed by atoms with Gasteiger partial charge < -0.3 is 5.11 Å². The summed E-state index contributed by atoms with van der Waals surface area (Å²) in [6, 6.07) is 0. The van der Waals surface area contributed by atoms with E-state index in [2.05, 4.69) is 6.92 Å². The van der Waals surface area contributed by atoms with E-state index in [4.69, 9.17) is 0 Å². The van der Waals surface area contributed by atoms with Gasteiger partial charge in [0, 0.05) is 0 Å². The molecule has 0 aromatic rings. The van der Waals surface area contributed by atoms with Crippen molar-refractivity contribution in [3.63, 3.8) is 0 Å². The third kappa shape index (κ3) is 5.70. The number of carbonyl (C=O) groups is 3. The van der Waals surface area contributed by atoms with Crippen LogP contribution in [-0.4, -0.2) is 28.6 Å². The molecule has 21 heavy (non-hydrogen) atoms. The van der Waals surface area contributed by atoms with Gasteiger partial charge in [-0.3, -0.25) is 14.4 Å². The number of ketones is 3. The van der Waals surface area contributed by atoms with E-state index in [1.54, 1.807) is 0 Å². The molecular weight excluding hydrogens is 268 g/mol. The molecule has 0 aromatic heterocycles. The third-order valence-corrected chi connectivity index (χ3v) is 4.30. The van der Waals surface area contributed by atoms with Gasteiger partial charge in [0.25, 0.3) is 5.78 Å². The molecule has 1 rings (SSSR count). The summed E-state index contributed by atoms with van der Waals surface area (Å²) in [6.07, 6.45) is 11.0. The predicted molar refractivity (Wildman–Crippen MR) is 81.0 cm³/mol. The van der Waals surface area contributed by atoms with E-state index in [-0.39, 0.29) is 0 Å². The molecule has 2 atom stereocenters. The molecule has 1 aliphatic carbocycles. The first-order valence-corrected chi connectivity index (χ1v) is 8.40. The molecule has 120 valence electrons. The van der Waals surface area contributed by atoms with E-state index >= 15 is 0 Å². The van der Waals surface area contributed by atoms with Crippen LogP contribution in [0.4, 0.5) is 0 Å². The number of carbonyl (C=O) groups excluding carboxylic acids is 3. The van der Waals surface area contributed by atoms with E-state index in [9.17, 15) is 19.5 Å². The molecule has 0 aromatic carbocycles. The second-order valence-corrected chi connectivity index (χ2v) is 6.08. The van der Waals surface area contributed by atoms with Crippen LogP contribution in [0.3, 0.4) is 0 Å². The highest BCUT2D eigenvalue weighted by Crippen LogP contribution is 2.23. The average molecular weight is 296 g/mol. The van der Waals surface area contributed by atoms with Gasteiger partial charge in [-0.1, -0.05) is 71.1 Å². The number of aliphatic hydroxyl groups is 1. The Kier molecular flexibility index (Phi) is 8.43. The van der Waals surface area contributed by atoms with Crippen molar-refractivity contribution in [1.29, 1.82) is 0 Å². The SMILES string of the molecule is CCCCCCCCCCCCC1C(=O)C(=O)C(=O)C1O. The molecule has 1 saturated carbocycles. The summed E-state index contributed by atoms with van der Waals surface area (Å²) in [5.74, 6) is -3.40. The highest BCUT2D eigenvalue weighted by molar-refractivity contribution is 6.68. The second-order valence-electron chi connectivity index (χ2n) is 6.08. The molecule has 1 aliphatic rings. The van der Waals surface area contributed by atoms with Crippen LogP contribution >= 0.6 is 0 Å². The zero-order chi connectivity index (χ0) is 15.7. The van der Waals surface area contributed by atoms with Gasteiger partial charge in [0.2, 0.25) is 11.6 Å². The summed E-state index contributed by atoms with van der Waals surface area (Å²) >= 11 is 0. The fourth-order valence-corrected chi connectivity index (χ4v) is 2.89. The quantitative estimate of drug-likeness (QED) is 0.470. The molecule has 0 aliphatic heterocycles. The fourth-order valence-electron chi connectivity index (χ4n) is 2.89. The maximum absolute atomic E-state index is 11.5. The van der Waals surface area contributed by atoms with Crippen molar-refractivity contribution in [2.24, 2.45) is 5.92 Å². The van der Waals surface area contributed by atoms with Gasteiger partial charge in [0.15, 0.2) is 0 Å². The summed E-state index contributed by atoms with van der Waals surface area (Å²) in [4.78, 5) is 33.8. The minimum atomic E-state index is -1.39. The van der Waals surface area contributed by atoms with E-state index in [0.29, 0.717) is 6.42 Å². The molecule has 0 saturated heterocycles. The topological polar surface area (TPSA) is 71.4 Å². The van der Waals surface area contributed by atoms with Gasteiger partial charge >= 0.3 is 0 Å². The Labute approximate surface area is 127 Å². The highest BCUT2D eigenvalue weighted by atomic mass is 16.3. The van der Waals surface area contributed by atoms with Crippen LogP contribution in [0.2, 0.25) is 0 Å². The van der Waals surface area contributed by atoms with E-state index in [0.717, 1.165) is 19.3 Å². The van der Waals surface area contributed by atoms with Crippen LogP contribution in [0.5, 0.6) is 0 Å². The van der Waals surface area contributed by atoms with Gasteiger partial charge in [-0.2, -0.15) is 0 Å². The molecule has 1 N–H and O–H groups in total. The molecule has 4 heteroatoms. The zero-order valence-electron chi connectivity index (χ0n) is 13.1. The lowest BCUT2D eigenvalue weighted by molar-refractivity contribution is -0.141. The summed E-state index contributed by atoms with van der Waals surface area (Å²) < 4.78 is 0. The van der Waals surface area contributed by atoms with Crippen molar-refractivity contribution in [3.05, 3.63) is 0 Å². The monoisotopic (exact) mass is 296 g/mol. The molecule has 0 radical (unpaired) electrons. The highest BCUT2D eigenvalue weighted by Gasteiger charge is 2.47. The minimum absolute atomic E-state index is 0.452. The van der Waals surface area contributed by atoms with Crippen LogP contribution in [0.1, 0.15) is 77.6 Å². The van der Waals surface area contributed by atoms with Crippen molar-refractivity contribution in [2.45, 2.75) is 83.7 Å². The third-order valence-electron chi connectivity index (χ3n) is 4.30. The van der Waals surface area contributed by atoms with Gasteiger partial charge in [-0.25, -0.2) is 0 Å². The number of unbranched alkanes of at least 4 members (excludes halogenated alkanes) is 9. The van der Waals surface area contributed by atoms with Crippen LogP contribution in [0, 0.1) is 5.92 Å². The lowest BCUT2D eigenvalue weighted by atomic mass is 9.96. The second kappa shape index (κ2) is 9.82. The first-order chi connectivity index (χ1) is 10.1. The van der Waals surface area contributed by atoms with Crippen LogP contribution in [0.15, 0.2) is 0 Å². The van der Waals surface area contributed by atoms with Crippen molar-refractivity contribution >= 4 is 17.3 Å². The average Bonchev–Trinajstić information content (AvgIpc) is 2.66. The number of hydrogen-bond donors (Lipinski definition) is 1. The largest absolute Gasteiger partial charge is 0.384 e. The molecule has 2 unspecified atom stereocenters. The predicted octanol–water partition coefficient (Wildman–Crippen LogP) is 3.00. The van der Waals surface area contributed by atoms with E-state index in [1.165, 1.54) is 44.9 Å².